The smallest absolute Gasteiger partial charge is 0.326 e. The summed E-state index contributed by atoms with van der Waals surface area (Å²) >= 11 is 0. The Balaban J connectivity index is 2.30. The molecule has 114 valence electrons. The molecule has 0 aromatic rings. The first-order valence-electron chi connectivity index (χ1n) is 6.85. The van der Waals surface area contributed by atoms with E-state index in [1.807, 2.05) is 0 Å². The van der Waals surface area contributed by atoms with Crippen LogP contribution in [0, 0.1) is 0 Å². The highest BCUT2D eigenvalue weighted by Gasteiger charge is 2.22. The zero-order valence-corrected chi connectivity index (χ0v) is 11.7. The van der Waals surface area contributed by atoms with Crippen LogP contribution in [0.1, 0.15) is 38.5 Å². The van der Waals surface area contributed by atoms with Gasteiger partial charge in [0.05, 0.1) is 13.7 Å². The van der Waals surface area contributed by atoms with Crippen LogP contribution in [0.4, 0.5) is 0 Å². The number of rotatable bonds is 8. The number of nitrogens with one attached hydrogen (secondary N) is 2. The average Bonchev–Trinajstić information content (AvgIpc) is 2.93. The Labute approximate surface area is 118 Å². The highest BCUT2D eigenvalue weighted by molar-refractivity contribution is 5.85. The van der Waals surface area contributed by atoms with Gasteiger partial charge in [-0.15, -0.1) is 0 Å². The molecule has 0 unspecified atom stereocenters. The average molecular weight is 286 g/mol. The van der Waals surface area contributed by atoms with E-state index in [9.17, 15) is 14.4 Å². The van der Waals surface area contributed by atoms with Crippen LogP contribution in [0.3, 0.4) is 0 Å². The van der Waals surface area contributed by atoms with Gasteiger partial charge in [0.2, 0.25) is 5.91 Å². The van der Waals surface area contributed by atoms with E-state index in [0.717, 1.165) is 25.7 Å². The predicted octanol–water partition coefficient (Wildman–Crippen LogP) is 0.0412. The normalized spacial score (nSPS) is 16.6. The number of carbonyl (C=O) groups is 3. The molecule has 1 rings (SSSR count). The molecule has 0 bridgehead atoms. The largest absolute Gasteiger partial charge is 0.480 e. The molecule has 7 heteroatoms. The van der Waals surface area contributed by atoms with Crippen molar-refractivity contribution in [3.05, 3.63) is 0 Å². The molecule has 1 atom stereocenters. The maximum absolute atomic E-state index is 11.7. The summed E-state index contributed by atoms with van der Waals surface area (Å²) in [5.74, 6) is -2.01. The van der Waals surface area contributed by atoms with E-state index in [2.05, 4.69) is 15.4 Å². The van der Waals surface area contributed by atoms with Crippen LogP contribution < -0.4 is 10.6 Å². The Hall–Kier alpha value is -1.63. The second-order valence-electron chi connectivity index (χ2n) is 4.94. The fourth-order valence-electron chi connectivity index (χ4n) is 2.23. The van der Waals surface area contributed by atoms with Crippen molar-refractivity contribution in [2.45, 2.75) is 50.6 Å². The Bertz CT molecular complexity index is 353. The van der Waals surface area contributed by atoms with E-state index >= 15 is 0 Å². The highest BCUT2D eigenvalue weighted by atomic mass is 16.5. The van der Waals surface area contributed by atoms with Crippen molar-refractivity contribution in [3.8, 4) is 0 Å². The molecule has 1 aliphatic carbocycles. The topological polar surface area (TPSA) is 105 Å². The number of carboxylic acids is 1. The van der Waals surface area contributed by atoms with Gasteiger partial charge in [0.15, 0.2) is 0 Å². The van der Waals surface area contributed by atoms with Crippen molar-refractivity contribution in [1.82, 2.24) is 10.6 Å². The van der Waals surface area contributed by atoms with Gasteiger partial charge >= 0.3 is 11.9 Å². The number of amides is 1. The maximum atomic E-state index is 11.7. The number of carboxylic acid groups (broad SMARTS) is 1. The van der Waals surface area contributed by atoms with Crippen molar-refractivity contribution in [2.24, 2.45) is 0 Å². The molecule has 0 aromatic heterocycles. The van der Waals surface area contributed by atoms with E-state index < -0.39 is 18.0 Å². The minimum absolute atomic E-state index is 0.0250. The number of esters is 1. The number of hydrogen-bond donors (Lipinski definition) is 3. The first-order valence-corrected chi connectivity index (χ1v) is 6.85. The molecule has 3 N–H and O–H groups in total. The second-order valence-corrected chi connectivity index (χ2v) is 4.94. The summed E-state index contributed by atoms with van der Waals surface area (Å²) in [6.45, 7) is 0.104. The van der Waals surface area contributed by atoms with E-state index in [4.69, 9.17) is 5.11 Å². The highest BCUT2D eigenvalue weighted by Crippen LogP contribution is 2.17. The van der Waals surface area contributed by atoms with E-state index in [1.54, 1.807) is 0 Å². The third-order valence-electron chi connectivity index (χ3n) is 3.40. The number of hydrogen-bond acceptors (Lipinski definition) is 5. The van der Waals surface area contributed by atoms with E-state index in [0.29, 0.717) is 6.04 Å². The molecule has 1 fully saturated rings. The zero-order chi connectivity index (χ0) is 15.0. The monoisotopic (exact) mass is 286 g/mol. The van der Waals surface area contributed by atoms with Crippen molar-refractivity contribution in [3.63, 3.8) is 0 Å². The van der Waals surface area contributed by atoms with Gasteiger partial charge in [0, 0.05) is 12.5 Å². The molecule has 1 saturated carbocycles. The van der Waals surface area contributed by atoms with E-state index in [1.165, 1.54) is 7.11 Å². The summed E-state index contributed by atoms with van der Waals surface area (Å²) in [6, 6.07) is -0.717. The molecular formula is C13H22N2O5. The summed E-state index contributed by atoms with van der Waals surface area (Å²) in [4.78, 5) is 33.7. The first kappa shape index (κ1) is 16.4. The van der Waals surface area contributed by atoms with Crippen LogP contribution in [0.2, 0.25) is 0 Å². The third kappa shape index (κ3) is 6.01. The van der Waals surface area contributed by atoms with Crippen LogP contribution in [0.5, 0.6) is 0 Å². The van der Waals surface area contributed by atoms with Crippen LogP contribution >= 0.6 is 0 Å². The lowest BCUT2D eigenvalue weighted by atomic mass is 10.1. The van der Waals surface area contributed by atoms with Gasteiger partial charge in [-0.25, -0.2) is 4.79 Å². The van der Waals surface area contributed by atoms with Crippen LogP contribution in [-0.2, 0) is 19.1 Å². The molecule has 0 aliphatic heterocycles. The van der Waals surface area contributed by atoms with Gasteiger partial charge in [0.1, 0.15) is 6.04 Å². The van der Waals surface area contributed by atoms with Crippen molar-refractivity contribution < 1.29 is 24.2 Å². The van der Waals surface area contributed by atoms with Crippen molar-refractivity contribution in [1.29, 1.82) is 0 Å². The summed E-state index contributed by atoms with van der Waals surface area (Å²) in [5.41, 5.74) is 0. The molecular weight excluding hydrogens is 264 g/mol. The predicted molar refractivity (Wildman–Crippen MR) is 71.1 cm³/mol. The van der Waals surface area contributed by atoms with Crippen LogP contribution in [0.25, 0.3) is 0 Å². The Morgan fingerprint density at radius 3 is 2.50 bits per heavy atom. The molecule has 7 nitrogen and oxygen atoms in total. The minimum atomic E-state index is -1.15. The molecule has 0 saturated heterocycles. The Kier molecular flexibility index (Phi) is 7.00. The summed E-state index contributed by atoms with van der Waals surface area (Å²) < 4.78 is 4.44. The lowest BCUT2D eigenvalue weighted by molar-refractivity contribution is -0.144. The fraction of sp³-hybridized carbons (Fsp3) is 0.769. The molecule has 20 heavy (non-hydrogen) atoms. The van der Waals surface area contributed by atoms with Gasteiger partial charge in [-0.1, -0.05) is 12.8 Å². The van der Waals surface area contributed by atoms with Gasteiger partial charge in [-0.2, -0.15) is 0 Å². The van der Waals surface area contributed by atoms with Gasteiger partial charge < -0.3 is 20.5 Å². The molecule has 0 aromatic carbocycles. The quantitative estimate of drug-likeness (QED) is 0.544. The second kappa shape index (κ2) is 8.52. The summed E-state index contributed by atoms with van der Waals surface area (Å²) in [5, 5.41) is 14.5. The molecule has 0 radical (unpaired) electrons. The SMILES string of the molecule is COC(=O)CC[C@@H](NC(=O)CNC1CCCC1)C(=O)O. The number of aliphatic carboxylic acids is 1. The summed E-state index contributed by atoms with van der Waals surface area (Å²) in [6.07, 6.45) is 4.42. The lowest BCUT2D eigenvalue weighted by Crippen LogP contribution is -2.46. The lowest BCUT2D eigenvalue weighted by Gasteiger charge is -2.16. The van der Waals surface area contributed by atoms with Crippen molar-refractivity contribution >= 4 is 17.8 Å². The third-order valence-corrected chi connectivity index (χ3v) is 3.40. The van der Waals surface area contributed by atoms with Gasteiger partial charge in [0.25, 0.3) is 0 Å². The molecule has 1 aliphatic rings. The Morgan fingerprint density at radius 1 is 1.30 bits per heavy atom. The van der Waals surface area contributed by atoms with E-state index in [-0.39, 0.29) is 25.3 Å². The molecule has 1 amide bonds. The van der Waals surface area contributed by atoms with Gasteiger partial charge in [-0.3, -0.25) is 9.59 Å². The number of ether oxygens (including phenoxy) is 1. The molecule has 0 heterocycles. The first-order chi connectivity index (χ1) is 9.52. The minimum Gasteiger partial charge on any atom is -0.480 e. The van der Waals surface area contributed by atoms with Crippen LogP contribution in [0.15, 0.2) is 0 Å². The van der Waals surface area contributed by atoms with Gasteiger partial charge in [-0.05, 0) is 19.3 Å². The molecule has 0 spiro atoms. The fourth-order valence-corrected chi connectivity index (χ4v) is 2.23. The Morgan fingerprint density at radius 2 is 1.95 bits per heavy atom. The zero-order valence-electron chi connectivity index (χ0n) is 11.7. The maximum Gasteiger partial charge on any atom is 0.326 e. The van der Waals surface area contributed by atoms with Crippen molar-refractivity contribution in [2.75, 3.05) is 13.7 Å². The number of carbonyl (C=O) groups excluding carboxylic acids is 2. The van der Waals surface area contributed by atoms with Crippen LogP contribution in [-0.4, -0.2) is 48.7 Å². The standard InChI is InChI=1S/C13H22N2O5/c1-20-12(17)7-6-10(13(18)19)15-11(16)8-14-9-4-2-3-5-9/h9-10,14H,2-8H2,1H3,(H,15,16)(H,18,19)/t10-/m1/s1. The number of methoxy groups -OCH3 is 1. The summed E-state index contributed by atoms with van der Waals surface area (Å²) in [7, 11) is 1.24.